The van der Waals surface area contributed by atoms with Crippen molar-refractivity contribution in [1.29, 1.82) is 0 Å². The molecule has 0 radical (unpaired) electrons. The summed E-state index contributed by atoms with van der Waals surface area (Å²) in [6.07, 6.45) is 0. The Kier molecular flexibility index (Phi) is 3.36. The molecule has 0 saturated carbocycles. The summed E-state index contributed by atoms with van der Waals surface area (Å²) in [7, 11) is -3.56. The van der Waals surface area contributed by atoms with Gasteiger partial charge in [0.1, 0.15) is 16.5 Å². The minimum Gasteiger partial charge on any atom is -0.264 e. The second-order valence-corrected chi connectivity index (χ2v) is 8.72. The molecule has 1 aromatic rings. The number of hydrogen-bond acceptors (Lipinski definition) is 6. The molecule has 114 valence electrons. The lowest BCUT2D eigenvalue weighted by Crippen LogP contribution is -2.55. The number of hydrazine groups is 1. The minimum atomic E-state index is -3.56. The molecule has 9 heteroatoms. The largest absolute Gasteiger partial charge is 0.264 e. The smallest absolute Gasteiger partial charge is 0.247 e. The zero-order chi connectivity index (χ0) is 15.4. The van der Waals surface area contributed by atoms with Crippen LogP contribution in [0.1, 0.15) is 18.5 Å². The molecule has 2 heterocycles. The molecule has 2 N–H and O–H groups in total. The summed E-state index contributed by atoms with van der Waals surface area (Å²) in [6, 6.07) is 5.60. The fraction of sp³-hybridized carbons (Fsp3) is 0.500. The van der Waals surface area contributed by atoms with Gasteiger partial charge in [-0.25, -0.2) is 19.3 Å². The van der Waals surface area contributed by atoms with E-state index >= 15 is 0 Å². The highest BCUT2D eigenvalue weighted by Gasteiger charge is 2.67. The van der Waals surface area contributed by atoms with Crippen LogP contribution in [0.3, 0.4) is 0 Å². The van der Waals surface area contributed by atoms with Crippen LogP contribution in [0.4, 0.5) is 0 Å². The molecule has 2 aliphatic rings. The third-order valence-electron chi connectivity index (χ3n) is 4.34. The molecule has 4 atom stereocenters. The first-order valence-electron chi connectivity index (χ1n) is 6.39. The van der Waals surface area contributed by atoms with Gasteiger partial charge in [-0.2, -0.15) is 0 Å². The third kappa shape index (κ3) is 2.19. The van der Waals surface area contributed by atoms with Crippen molar-refractivity contribution in [1.82, 2.24) is 10.9 Å². The molecule has 0 bridgehead atoms. The third-order valence-corrected chi connectivity index (χ3v) is 7.19. The Hall–Kier alpha value is -1.03. The van der Waals surface area contributed by atoms with Gasteiger partial charge < -0.3 is 0 Å². The average molecular weight is 376 g/mol. The van der Waals surface area contributed by atoms with Gasteiger partial charge in [0.25, 0.3) is 0 Å². The number of halogens is 1. The van der Waals surface area contributed by atoms with E-state index in [1.54, 1.807) is 6.92 Å². The van der Waals surface area contributed by atoms with Crippen LogP contribution in [-0.2, 0) is 9.84 Å². The number of benzene rings is 1. The van der Waals surface area contributed by atoms with E-state index in [0.29, 0.717) is 0 Å². The van der Waals surface area contributed by atoms with Gasteiger partial charge in [0.2, 0.25) is 6.04 Å². The number of sulfone groups is 1. The zero-order valence-corrected chi connectivity index (χ0v) is 13.5. The number of nitro groups is 1. The molecule has 2 saturated heterocycles. The van der Waals surface area contributed by atoms with Crippen LogP contribution < -0.4 is 10.9 Å². The topological polar surface area (TPSA) is 101 Å². The highest BCUT2D eigenvalue weighted by atomic mass is 79.9. The maximum Gasteiger partial charge on any atom is 0.247 e. The average Bonchev–Trinajstić information content (AvgIpc) is 2.85. The van der Waals surface area contributed by atoms with E-state index in [0.717, 1.165) is 10.0 Å². The SMILES string of the molecule is CC12NNC(c3ccc(Br)cc3)C1S(=O)(=O)CC2[N+](=O)[O-]. The highest BCUT2D eigenvalue weighted by molar-refractivity contribution is 9.10. The molecular weight excluding hydrogens is 362 g/mol. The quantitative estimate of drug-likeness (QED) is 0.585. The normalized spacial score (nSPS) is 37.3. The molecule has 3 rings (SSSR count). The first-order chi connectivity index (χ1) is 9.75. The lowest BCUT2D eigenvalue weighted by atomic mass is 9.87. The van der Waals surface area contributed by atoms with E-state index in [1.165, 1.54) is 0 Å². The van der Waals surface area contributed by atoms with Crippen molar-refractivity contribution in [2.75, 3.05) is 5.75 Å². The fourth-order valence-corrected chi connectivity index (χ4v) is 6.27. The van der Waals surface area contributed by atoms with Crippen molar-refractivity contribution < 1.29 is 13.3 Å². The van der Waals surface area contributed by atoms with Gasteiger partial charge in [-0.15, -0.1) is 0 Å². The van der Waals surface area contributed by atoms with Crippen molar-refractivity contribution in [3.8, 4) is 0 Å². The maximum atomic E-state index is 12.4. The van der Waals surface area contributed by atoms with Crippen LogP contribution in [0.25, 0.3) is 0 Å². The Morgan fingerprint density at radius 2 is 2.00 bits per heavy atom. The van der Waals surface area contributed by atoms with Crippen molar-refractivity contribution in [3.63, 3.8) is 0 Å². The van der Waals surface area contributed by atoms with Crippen LogP contribution in [0.15, 0.2) is 28.7 Å². The predicted octanol–water partition coefficient (Wildman–Crippen LogP) is 0.799. The molecule has 0 spiro atoms. The lowest BCUT2D eigenvalue weighted by Gasteiger charge is -2.24. The number of hydrogen-bond donors (Lipinski definition) is 2. The number of nitrogens with one attached hydrogen (secondary N) is 2. The van der Waals surface area contributed by atoms with Gasteiger partial charge in [-0.1, -0.05) is 28.1 Å². The molecule has 4 unspecified atom stereocenters. The van der Waals surface area contributed by atoms with E-state index in [9.17, 15) is 18.5 Å². The van der Waals surface area contributed by atoms with E-state index in [4.69, 9.17) is 0 Å². The fourth-order valence-electron chi connectivity index (χ4n) is 3.28. The van der Waals surface area contributed by atoms with Crippen LogP contribution >= 0.6 is 15.9 Å². The second-order valence-electron chi connectivity index (χ2n) is 5.63. The molecule has 0 aromatic heterocycles. The molecule has 21 heavy (non-hydrogen) atoms. The van der Waals surface area contributed by atoms with Gasteiger partial charge in [-0.3, -0.25) is 10.1 Å². The predicted molar refractivity (Wildman–Crippen MR) is 79.9 cm³/mol. The standard InChI is InChI=1S/C12H14BrN3O4S/c1-12-9(16(17)18)6-21(19,20)11(12)10(14-15-12)7-2-4-8(13)5-3-7/h2-5,9-11,14-15H,6H2,1H3. The van der Waals surface area contributed by atoms with Crippen molar-refractivity contribution in [2.24, 2.45) is 0 Å². The highest BCUT2D eigenvalue weighted by Crippen LogP contribution is 2.43. The first-order valence-corrected chi connectivity index (χ1v) is 8.90. The molecule has 2 aliphatic heterocycles. The van der Waals surface area contributed by atoms with Gasteiger partial charge in [0, 0.05) is 9.40 Å². The van der Waals surface area contributed by atoms with Crippen LogP contribution in [-0.4, -0.2) is 35.9 Å². The second kappa shape index (κ2) is 4.73. The summed E-state index contributed by atoms with van der Waals surface area (Å²) in [6.45, 7) is 1.60. The number of nitrogens with zero attached hydrogens (tertiary/aromatic N) is 1. The van der Waals surface area contributed by atoms with E-state index in [1.807, 2.05) is 24.3 Å². The summed E-state index contributed by atoms with van der Waals surface area (Å²) < 4.78 is 25.7. The Balaban J connectivity index is 2.05. The minimum absolute atomic E-state index is 0.428. The molecule has 0 amide bonds. The van der Waals surface area contributed by atoms with Gasteiger partial charge in [0.05, 0.1) is 6.04 Å². The lowest BCUT2D eigenvalue weighted by molar-refractivity contribution is -0.526. The summed E-state index contributed by atoms with van der Waals surface area (Å²) in [5.74, 6) is -0.428. The Morgan fingerprint density at radius 3 is 2.57 bits per heavy atom. The van der Waals surface area contributed by atoms with Crippen molar-refractivity contribution in [3.05, 3.63) is 44.4 Å². The monoisotopic (exact) mass is 375 g/mol. The Labute approximate surface area is 130 Å². The zero-order valence-electron chi connectivity index (χ0n) is 11.1. The Bertz CT molecular complexity index is 693. The van der Waals surface area contributed by atoms with Gasteiger partial charge >= 0.3 is 0 Å². The van der Waals surface area contributed by atoms with Crippen molar-refractivity contribution in [2.45, 2.75) is 29.8 Å². The van der Waals surface area contributed by atoms with Crippen LogP contribution in [0, 0.1) is 10.1 Å². The molecule has 1 aromatic carbocycles. The summed E-state index contributed by atoms with van der Waals surface area (Å²) in [5.41, 5.74) is 5.46. The summed E-state index contributed by atoms with van der Waals surface area (Å²) in [5, 5.41) is 10.3. The van der Waals surface area contributed by atoms with E-state index < -0.39 is 43.4 Å². The maximum absolute atomic E-state index is 12.4. The van der Waals surface area contributed by atoms with E-state index in [-0.39, 0.29) is 0 Å². The summed E-state index contributed by atoms with van der Waals surface area (Å²) >= 11 is 3.33. The van der Waals surface area contributed by atoms with E-state index in [2.05, 4.69) is 26.8 Å². The summed E-state index contributed by atoms with van der Waals surface area (Å²) in [4.78, 5) is 10.7. The molecule has 0 aliphatic carbocycles. The first kappa shape index (κ1) is 14.9. The van der Waals surface area contributed by atoms with Crippen molar-refractivity contribution >= 4 is 25.8 Å². The number of fused-ring (bicyclic) bond motifs is 1. The van der Waals surface area contributed by atoms with Gasteiger partial charge in [-0.05, 0) is 24.6 Å². The van der Waals surface area contributed by atoms with Crippen LogP contribution in [0.5, 0.6) is 0 Å². The molecular formula is C12H14BrN3O4S. The molecule has 7 nitrogen and oxygen atoms in total. The number of rotatable bonds is 2. The van der Waals surface area contributed by atoms with Crippen LogP contribution in [0.2, 0.25) is 0 Å². The Morgan fingerprint density at radius 1 is 1.38 bits per heavy atom. The van der Waals surface area contributed by atoms with Gasteiger partial charge in [0.15, 0.2) is 9.84 Å². The molecule has 2 fully saturated rings.